The number of aromatic nitrogens is 1. The molecule has 3 heterocycles. The summed E-state index contributed by atoms with van der Waals surface area (Å²) < 4.78 is 16.5. The number of hydrogen-bond donors (Lipinski definition) is 0. The lowest BCUT2D eigenvalue weighted by Gasteiger charge is -2.39. The van der Waals surface area contributed by atoms with Crippen LogP contribution < -0.4 is 15.4 Å². The van der Waals surface area contributed by atoms with E-state index in [9.17, 15) is 19.2 Å². The van der Waals surface area contributed by atoms with E-state index in [4.69, 9.17) is 12.2 Å². The van der Waals surface area contributed by atoms with E-state index in [1.807, 2.05) is 55.1 Å². The quantitative estimate of drug-likeness (QED) is 0.280. The number of nitriles is 1. The second-order valence-electron chi connectivity index (χ2n) is 9.96. The number of nitrogens with zero attached hydrogens (tertiary/aromatic N) is 5. The number of pyridine rings is 1. The number of piperazine rings is 1. The van der Waals surface area contributed by atoms with Crippen molar-refractivity contribution in [2.24, 2.45) is 0 Å². The molecule has 0 bridgehead atoms. The molecule has 5 rings (SSSR count). The SMILES string of the molecule is CCn1c(N2CCN(c3ccccc3F)CC2)c(C=C2SC(=S)N(C(C)c3ccccc3)C2=O)c(C)c(C#N)c1=O. The van der Waals surface area contributed by atoms with Crippen molar-refractivity contribution in [1.29, 1.82) is 5.26 Å². The number of halogens is 1. The summed E-state index contributed by atoms with van der Waals surface area (Å²) in [4.78, 5) is 33.2. The zero-order chi connectivity index (χ0) is 29.3. The second kappa shape index (κ2) is 11.9. The molecular formula is C31H30FN5O2S2. The predicted molar refractivity (Wildman–Crippen MR) is 167 cm³/mol. The molecule has 10 heteroatoms. The summed E-state index contributed by atoms with van der Waals surface area (Å²) in [5.74, 6) is 0.176. The Hall–Kier alpha value is -3.94. The van der Waals surface area contributed by atoms with Crippen molar-refractivity contribution in [3.8, 4) is 6.07 Å². The van der Waals surface area contributed by atoms with Crippen LogP contribution in [0, 0.1) is 24.1 Å². The maximum Gasteiger partial charge on any atom is 0.270 e. The summed E-state index contributed by atoms with van der Waals surface area (Å²) in [7, 11) is 0. The van der Waals surface area contributed by atoms with Crippen LogP contribution >= 0.6 is 24.0 Å². The fraction of sp³-hybridized carbons (Fsp3) is 0.290. The third-order valence-electron chi connectivity index (χ3n) is 7.70. The van der Waals surface area contributed by atoms with Gasteiger partial charge in [-0.1, -0.05) is 66.4 Å². The number of anilines is 2. The predicted octanol–water partition coefficient (Wildman–Crippen LogP) is 5.48. The van der Waals surface area contributed by atoms with E-state index in [-0.39, 0.29) is 28.9 Å². The first kappa shape index (κ1) is 28.6. The standard InChI is InChI=1S/C31H30FN5O2S2/c1-4-36-28(35-16-14-34(15-17-35)26-13-9-8-12-25(26)32)23(20(2)24(19-33)29(36)38)18-27-30(39)37(31(40)41-27)21(3)22-10-6-5-7-11-22/h5-13,18,21H,4,14-17H2,1-3H3. The Labute approximate surface area is 248 Å². The minimum Gasteiger partial charge on any atom is -0.366 e. The number of para-hydroxylation sites is 1. The molecule has 2 aliphatic heterocycles. The highest BCUT2D eigenvalue weighted by molar-refractivity contribution is 8.26. The lowest BCUT2D eigenvalue weighted by molar-refractivity contribution is -0.123. The van der Waals surface area contributed by atoms with Crippen LogP contribution in [0.1, 0.15) is 42.1 Å². The number of carbonyl (C=O) groups is 1. The van der Waals surface area contributed by atoms with Crippen molar-refractivity contribution in [3.05, 3.63) is 97.9 Å². The van der Waals surface area contributed by atoms with Gasteiger partial charge in [-0.25, -0.2) is 4.39 Å². The van der Waals surface area contributed by atoms with E-state index in [0.29, 0.717) is 64.6 Å². The monoisotopic (exact) mass is 587 g/mol. The van der Waals surface area contributed by atoms with Crippen molar-refractivity contribution in [2.75, 3.05) is 36.0 Å². The first-order valence-electron chi connectivity index (χ1n) is 13.5. The fourth-order valence-electron chi connectivity index (χ4n) is 5.47. The molecule has 7 nitrogen and oxygen atoms in total. The number of thioether (sulfide) groups is 1. The summed E-state index contributed by atoms with van der Waals surface area (Å²) in [6, 6.07) is 18.2. The Morgan fingerprint density at radius 3 is 2.32 bits per heavy atom. The molecule has 0 spiro atoms. The zero-order valence-electron chi connectivity index (χ0n) is 23.1. The van der Waals surface area contributed by atoms with Crippen LogP contribution in [0.15, 0.2) is 64.3 Å². The van der Waals surface area contributed by atoms with Crippen LogP contribution in [0.25, 0.3) is 6.08 Å². The summed E-state index contributed by atoms with van der Waals surface area (Å²) >= 11 is 6.86. The molecule has 210 valence electrons. The topological polar surface area (TPSA) is 72.6 Å². The number of hydrogen-bond acceptors (Lipinski definition) is 7. The molecule has 1 atom stereocenters. The lowest BCUT2D eigenvalue weighted by Crippen LogP contribution is -2.49. The normalized spacial score (nSPS) is 17.3. The fourth-order valence-corrected chi connectivity index (χ4v) is 6.87. The van der Waals surface area contributed by atoms with Gasteiger partial charge in [0.1, 0.15) is 27.6 Å². The summed E-state index contributed by atoms with van der Waals surface area (Å²) in [5, 5.41) is 9.89. The van der Waals surface area contributed by atoms with Gasteiger partial charge in [-0.3, -0.25) is 19.1 Å². The Kier molecular flexibility index (Phi) is 8.29. The molecule has 3 aromatic rings. The smallest absolute Gasteiger partial charge is 0.270 e. The number of benzene rings is 2. The van der Waals surface area contributed by atoms with E-state index in [1.54, 1.807) is 34.6 Å². The van der Waals surface area contributed by atoms with Crippen LogP contribution in [0.4, 0.5) is 15.9 Å². The third kappa shape index (κ3) is 5.27. The van der Waals surface area contributed by atoms with Crippen molar-refractivity contribution < 1.29 is 9.18 Å². The summed E-state index contributed by atoms with van der Waals surface area (Å²) in [6.45, 7) is 8.07. The summed E-state index contributed by atoms with van der Waals surface area (Å²) in [6.07, 6.45) is 1.78. The zero-order valence-corrected chi connectivity index (χ0v) is 24.8. The first-order valence-corrected chi connectivity index (χ1v) is 14.7. The highest BCUT2D eigenvalue weighted by atomic mass is 32.2. The van der Waals surface area contributed by atoms with Gasteiger partial charge in [0.2, 0.25) is 0 Å². The molecule has 2 saturated heterocycles. The van der Waals surface area contributed by atoms with Crippen LogP contribution in [0.2, 0.25) is 0 Å². The molecule has 1 unspecified atom stereocenters. The van der Waals surface area contributed by atoms with Crippen molar-refractivity contribution >= 4 is 51.8 Å². The molecule has 1 amide bonds. The van der Waals surface area contributed by atoms with Gasteiger partial charge in [0.25, 0.3) is 11.5 Å². The average molecular weight is 588 g/mol. The molecule has 41 heavy (non-hydrogen) atoms. The van der Waals surface area contributed by atoms with E-state index >= 15 is 0 Å². The minimum absolute atomic E-state index is 0.0555. The van der Waals surface area contributed by atoms with Gasteiger partial charge in [0, 0.05) is 38.3 Å². The van der Waals surface area contributed by atoms with E-state index in [1.165, 1.54) is 17.8 Å². The van der Waals surface area contributed by atoms with Gasteiger partial charge in [-0.15, -0.1) is 0 Å². The van der Waals surface area contributed by atoms with Crippen LogP contribution in [-0.4, -0.2) is 45.9 Å². The van der Waals surface area contributed by atoms with Gasteiger partial charge < -0.3 is 9.80 Å². The van der Waals surface area contributed by atoms with E-state index < -0.39 is 0 Å². The Morgan fingerprint density at radius 2 is 1.68 bits per heavy atom. The maximum absolute atomic E-state index is 14.5. The summed E-state index contributed by atoms with van der Waals surface area (Å²) in [5.41, 5.74) is 2.39. The number of rotatable bonds is 6. The molecule has 2 fully saturated rings. The minimum atomic E-state index is -0.360. The van der Waals surface area contributed by atoms with E-state index in [0.717, 1.165) is 5.56 Å². The molecule has 1 aromatic heterocycles. The molecular weight excluding hydrogens is 558 g/mol. The van der Waals surface area contributed by atoms with Gasteiger partial charge in [-0.05, 0) is 50.1 Å². The molecule has 2 aliphatic rings. The maximum atomic E-state index is 14.5. The largest absolute Gasteiger partial charge is 0.366 e. The Morgan fingerprint density at radius 1 is 1.05 bits per heavy atom. The number of amides is 1. The van der Waals surface area contributed by atoms with E-state index in [2.05, 4.69) is 11.0 Å². The highest BCUT2D eigenvalue weighted by Crippen LogP contribution is 2.40. The Balaban J connectivity index is 1.54. The number of carbonyl (C=O) groups excluding carboxylic acids is 1. The van der Waals surface area contributed by atoms with Crippen LogP contribution in [0.5, 0.6) is 0 Å². The Bertz CT molecular complexity index is 1640. The molecule has 2 aromatic carbocycles. The second-order valence-corrected chi connectivity index (χ2v) is 11.6. The van der Waals surface area contributed by atoms with Crippen LogP contribution in [0.3, 0.4) is 0 Å². The molecule has 0 N–H and O–H groups in total. The van der Waals surface area contributed by atoms with Gasteiger partial charge in [0.05, 0.1) is 16.6 Å². The molecule has 0 radical (unpaired) electrons. The molecule has 0 aliphatic carbocycles. The van der Waals surface area contributed by atoms with Crippen molar-refractivity contribution in [1.82, 2.24) is 9.47 Å². The van der Waals surface area contributed by atoms with Crippen molar-refractivity contribution in [2.45, 2.75) is 33.4 Å². The highest BCUT2D eigenvalue weighted by Gasteiger charge is 2.37. The first-order chi connectivity index (χ1) is 19.8. The molecule has 0 saturated carbocycles. The number of thiocarbonyl (C=S) groups is 1. The van der Waals surface area contributed by atoms with Gasteiger partial charge in [-0.2, -0.15) is 5.26 Å². The van der Waals surface area contributed by atoms with Crippen LogP contribution in [-0.2, 0) is 11.3 Å². The van der Waals surface area contributed by atoms with Crippen molar-refractivity contribution in [3.63, 3.8) is 0 Å². The third-order valence-corrected chi connectivity index (χ3v) is 9.03. The lowest BCUT2D eigenvalue weighted by atomic mass is 10.0. The van der Waals surface area contributed by atoms with Gasteiger partial charge in [0.15, 0.2) is 0 Å². The average Bonchev–Trinajstić information content (AvgIpc) is 3.27. The van der Waals surface area contributed by atoms with Gasteiger partial charge >= 0.3 is 0 Å².